The highest BCUT2D eigenvalue weighted by molar-refractivity contribution is 5.97. The van der Waals surface area contributed by atoms with E-state index in [-0.39, 0.29) is 18.5 Å². The number of carbonyl (C=O) groups excluding carboxylic acids is 2. The van der Waals surface area contributed by atoms with Crippen LogP contribution < -0.4 is 10.6 Å². The molecule has 0 aliphatic heterocycles. The number of hydrogen-bond donors (Lipinski definition) is 2. The van der Waals surface area contributed by atoms with Crippen LogP contribution in [0.15, 0.2) is 35.1 Å². The lowest BCUT2D eigenvalue weighted by Crippen LogP contribution is -2.41. The average Bonchev–Trinajstić information content (AvgIpc) is 3.10. The highest BCUT2D eigenvalue weighted by atomic mass is 16.5. The number of hydrogen-bond acceptors (Lipinski definition) is 4. The Morgan fingerprint density at radius 1 is 1.12 bits per heavy atom. The van der Waals surface area contributed by atoms with E-state index in [2.05, 4.69) is 22.7 Å². The van der Waals surface area contributed by atoms with Gasteiger partial charge in [-0.1, -0.05) is 43.1 Å². The van der Waals surface area contributed by atoms with E-state index in [4.69, 9.17) is 4.52 Å². The largest absolute Gasteiger partial charge is 0.363 e. The smallest absolute Gasteiger partial charge is 0.322 e. The molecule has 140 valence electrons. The predicted molar refractivity (Wildman–Crippen MR) is 101 cm³/mol. The molecular weight excluding hydrogens is 332 g/mol. The zero-order valence-electron chi connectivity index (χ0n) is 15.5. The second-order valence-electron chi connectivity index (χ2n) is 6.26. The van der Waals surface area contributed by atoms with Crippen molar-refractivity contribution >= 4 is 23.4 Å². The summed E-state index contributed by atoms with van der Waals surface area (Å²) in [4.78, 5) is 26.5. The van der Waals surface area contributed by atoms with Gasteiger partial charge in [0, 0.05) is 18.3 Å². The molecule has 7 nitrogen and oxygen atoms in total. The molecule has 1 heterocycles. The van der Waals surface area contributed by atoms with Crippen molar-refractivity contribution in [3.8, 4) is 0 Å². The summed E-state index contributed by atoms with van der Waals surface area (Å²) in [6.07, 6.45) is 4.26. The summed E-state index contributed by atoms with van der Waals surface area (Å²) in [6.45, 7) is 6.45. The van der Waals surface area contributed by atoms with Crippen molar-refractivity contribution in [3.63, 3.8) is 0 Å². The number of aryl methyl sites for hydroxylation is 2. The number of nitrogens with one attached hydrogen (secondary N) is 2. The molecule has 0 aliphatic rings. The molecule has 26 heavy (non-hydrogen) atoms. The van der Waals surface area contributed by atoms with Crippen LogP contribution in [0.3, 0.4) is 0 Å². The van der Waals surface area contributed by atoms with Gasteiger partial charge in [-0.2, -0.15) is 0 Å². The van der Waals surface area contributed by atoms with Crippen LogP contribution >= 0.6 is 0 Å². The first-order valence-corrected chi connectivity index (χ1v) is 8.83. The van der Waals surface area contributed by atoms with Gasteiger partial charge in [-0.3, -0.25) is 4.79 Å². The van der Waals surface area contributed by atoms with Crippen LogP contribution in [-0.4, -0.2) is 35.1 Å². The number of benzene rings is 1. The lowest BCUT2D eigenvalue weighted by Gasteiger charge is -2.23. The second-order valence-corrected chi connectivity index (χ2v) is 6.26. The Hall–Kier alpha value is -2.83. The standard InChI is InChI=1S/C19H26N4O3/c1-4-5-6-11-23(13-17(24)20-16-10-12-26-22-16)19(25)21-18-14(2)8-7-9-15(18)3/h7-10,12H,4-6,11,13H2,1-3H3,(H,21,25)(H,20,22,24). The summed E-state index contributed by atoms with van der Waals surface area (Å²) >= 11 is 0. The lowest BCUT2D eigenvalue weighted by atomic mass is 10.1. The van der Waals surface area contributed by atoms with Gasteiger partial charge < -0.3 is 20.1 Å². The quantitative estimate of drug-likeness (QED) is 0.699. The summed E-state index contributed by atoms with van der Waals surface area (Å²) in [5.74, 6) is 0.0192. The molecule has 1 aromatic carbocycles. The maximum Gasteiger partial charge on any atom is 0.322 e. The van der Waals surface area contributed by atoms with Crippen molar-refractivity contribution in [2.24, 2.45) is 0 Å². The first-order valence-electron chi connectivity index (χ1n) is 8.83. The summed E-state index contributed by atoms with van der Waals surface area (Å²) in [7, 11) is 0. The van der Waals surface area contributed by atoms with E-state index in [1.165, 1.54) is 11.2 Å². The molecule has 0 radical (unpaired) electrons. The molecule has 1 aromatic heterocycles. The molecule has 3 amide bonds. The minimum Gasteiger partial charge on any atom is -0.363 e. The number of anilines is 2. The fourth-order valence-electron chi connectivity index (χ4n) is 2.64. The average molecular weight is 358 g/mol. The third kappa shape index (κ3) is 5.61. The molecular formula is C19H26N4O3. The van der Waals surface area contributed by atoms with Crippen LogP contribution in [0, 0.1) is 13.8 Å². The molecule has 0 saturated carbocycles. The number of carbonyl (C=O) groups is 2. The fourth-order valence-corrected chi connectivity index (χ4v) is 2.64. The molecule has 7 heteroatoms. The SMILES string of the molecule is CCCCCN(CC(=O)Nc1ccon1)C(=O)Nc1c(C)cccc1C. The highest BCUT2D eigenvalue weighted by Gasteiger charge is 2.19. The molecule has 0 fully saturated rings. The summed E-state index contributed by atoms with van der Waals surface area (Å²) in [5.41, 5.74) is 2.76. The molecule has 0 aliphatic carbocycles. The summed E-state index contributed by atoms with van der Waals surface area (Å²) in [6, 6.07) is 7.11. The molecule has 0 saturated heterocycles. The van der Waals surface area contributed by atoms with Gasteiger partial charge in [0.15, 0.2) is 5.82 Å². The van der Waals surface area contributed by atoms with E-state index in [1.807, 2.05) is 32.0 Å². The Labute approximate surface area is 153 Å². The van der Waals surface area contributed by atoms with Gasteiger partial charge in [0.1, 0.15) is 12.8 Å². The van der Waals surface area contributed by atoms with E-state index in [9.17, 15) is 9.59 Å². The van der Waals surface area contributed by atoms with Crippen LogP contribution in [-0.2, 0) is 4.79 Å². The first-order chi connectivity index (χ1) is 12.5. The molecule has 2 N–H and O–H groups in total. The molecule has 0 bridgehead atoms. The van der Waals surface area contributed by atoms with Crippen LogP contribution in [0.4, 0.5) is 16.3 Å². The fraction of sp³-hybridized carbons (Fsp3) is 0.421. The van der Waals surface area contributed by atoms with E-state index in [1.54, 1.807) is 6.07 Å². The number of nitrogens with zero attached hydrogens (tertiary/aromatic N) is 2. The van der Waals surface area contributed by atoms with Gasteiger partial charge in [0.25, 0.3) is 0 Å². The van der Waals surface area contributed by atoms with Crippen LogP contribution in [0.1, 0.15) is 37.3 Å². The Kier molecular flexibility index (Phi) is 7.20. The second kappa shape index (κ2) is 9.60. The van der Waals surface area contributed by atoms with Crippen molar-refractivity contribution in [1.29, 1.82) is 0 Å². The zero-order valence-corrected chi connectivity index (χ0v) is 15.5. The number of aromatic nitrogens is 1. The van der Waals surface area contributed by atoms with Gasteiger partial charge in [0.05, 0.1) is 0 Å². The monoisotopic (exact) mass is 358 g/mol. The maximum absolute atomic E-state index is 12.7. The van der Waals surface area contributed by atoms with E-state index >= 15 is 0 Å². The van der Waals surface area contributed by atoms with E-state index in [0.29, 0.717) is 12.4 Å². The van der Waals surface area contributed by atoms with Gasteiger partial charge in [0.2, 0.25) is 5.91 Å². The van der Waals surface area contributed by atoms with E-state index in [0.717, 1.165) is 36.1 Å². The molecule has 0 spiro atoms. The van der Waals surface area contributed by atoms with Crippen molar-refractivity contribution in [3.05, 3.63) is 41.7 Å². The van der Waals surface area contributed by atoms with Crippen molar-refractivity contribution in [2.45, 2.75) is 40.0 Å². The van der Waals surface area contributed by atoms with Gasteiger partial charge in [-0.25, -0.2) is 4.79 Å². The minimum atomic E-state index is -0.313. The zero-order chi connectivity index (χ0) is 18.9. The molecule has 0 atom stereocenters. The third-order valence-corrected chi connectivity index (χ3v) is 4.07. The number of para-hydroxylation sites is 1. The predicted octanol–water partition coefficient (Wildman–Crippen LogP) is 3.95. The topological polar surface area (TPSA) is 87.5 Å². The van der Waals surface area contributed by atoms with Crippen molar-refractivity contribution < 1.29 is 14.1 Å². The summed E-state index contributed by atoms with van der Waals surface area (Å²) < 4.78 is 4.69. The number of unbranched alkanes of at least 4 members (excludes halogenated alkanes) is 2. The minimum absolute atomic E-state index is 0.0483. The van der Waals surface area contributed by atoms with Crippen molar-refractivity contribution in [2.75, 3.05) is 23.7 Å². The number of rotatable bonds is 8. The van der Waals surface area contributed by atoms with Gasteiger partial charge in [-0.05, 0) is 31.4 Å². The Morgan fingerprint density at radius 2 is 1.85 bits per heavy atom. The van der Waals surface area contributed by atoms with Crippen LogP contribution in [0.2, 0.25) is 0 Å². The lowest BCUT2D eigenvalue weighted by molar-refractivity contribution is -0.116. The summed E-state index contributed by atoms with van der Waals surface area (Å²) in [5, 5.41) is 9.21. The molecule has 0 unspecified atom stereocenters. The molecule has 2 aromatic rings. The normalized spacial score (nSPS) is 10.4. The van der Waals surface area contributed by atoms with Gasteiger partial charge in [-0.15, -0.1) is 0 Å². The van der Waals surface area contributed by atoms with E-state index < -0.39 is 0 Å². The number of urea groups is 1. The first kappa shape index (κ1) is 19.5. The molecule has 2 rings (SSSR count). The Balaban J connectivity index is 2.04. The maximum atomic E-state index is 12.7. The third-order valence-electron chi connectivity index (χ3n) is 4.07. The van der Waals surface area contributed by atoms with Crippen LogP contribution in [0.25, 0.3) is 0 Å². The van der Waals surface area contributed by atoms with Gasteiger partial charge >= 0.3 is 6.03 Å². The number of amides is 3. The Morgan fingerprint density at radius 3 is 2.46 bits per heavy atom. The van der Waals surface area contributed by atoms with Crippen LogP contribution in [0.5, 0.6) is 0 Å². The van der Waals surface area contributed by atoms with Crippen molar-refractivity contribution in [1.82, 2.24) is 10.1 Å². The highest BCUT2D eigenvalue weighted by Crippen LogP contribution is 2.20. The Bertz CT molecular complexity index is 708.